The van der Waals surface area contributed by atoms with Crippen LogP contribution in [0.15, 0.2) is 28.8 Å². The normalized spacial score (nSPS) is 18.0. The monoisotopic (exact) mass is 384 g/mol. The van der Waals surface area contributed by atoms with E-state index in [1.807, 2.05) is 0 Å². The molecule has 4 rings (SSSR count). The van der Waals surface area contributed by atoms with E-state index in [1.165, 1.54) is 0 Å². The number of H-pyrrole nitrogens is 1. The van der Waals surface area contributed by atoms with Crippen LogP contribution in [0, 0.1) is 0 Å². The number of hydrogen-bond acceptors (Lipinski definition) is 4. The van der Waals surface area contributed by atoms with Gasteiger partial charge in [-0.2, -0.15) is 18.2 Å². The van der Waals surface area contributed by atoms with E-state index < -0.39 is 18.0 Å². The Labute approximate surface area is 149 Å². The number of nitrogens with zero attached hydrogens (tertiary/aromatic N) is 3. The van der Waals surface area contributed by atoms with Crippen LogP contribution in [0.25, 0.3) is 10.9 Å². The molecule has 1 aromatic carbocycles. The van der Waals surface area contributed by atoms with Gasteiger partial charge in [0.15, 0.2) is 5.82 Å². The second-order valence-electron chi connectivity index (χ2n) is 6.11. The highest BCUT2D eigenvalue weighted by Gasteiger charge is 2.40. The van der Waals surface area contributed by atoms with Crippen molar-refractivity contribution in [2.75, 3.05) is 13.1 Å². The van der Waals surface area contributed by atoms with E-state index in [9.17, 15) is 18.0 Å². The summed E-state index contributed by atoms with van der Waals surface area (Å²) < 4.78 is 42.0. The van der Waals surface area contributed by atoms with E-state index in [1.54, 1.807) is 29.2 Å². The van der Waals surface area contributed by atoms with E-state index >= 15 is 0 Å². The number of benzene rings is 1. The summed E-state index contributed by atoms with van der Waals surface area (Å²) in [6.45, 7) is 0.626. The first-order valence-corrected chi connectivity index (χ1v) is 8.17. The van der Waals surface area contributed by atoms with Gasteiger partial charge < -0.3 is 14.4 Å². The number of fused-ring (bicyclic) bond motifs is 1. The van der Waals surface area contributed by atoms with Crippen molar-refractivity contribution in [3.05, 3.63) is 46.7 Å². The van der Waals surface area contributed by atoms with Crippen LogP contribution in [0.1, 0.15) is 34.5 Å². The zero-order valence-electron chi connectivity index (χ0n) is 13.2. The average molecular weight is 385 g/mol. The summed E-state index contributed by atoms with van der Waals surface area (Å²) >= 11 is 5.94. The topological polar surface area (TPSA) is 75.0 Å². The van der Waals surface area contributed by atoms with Crippen LogP contribution >= 0.6 is 11.6 Å². The predicted octanol–water partition coefficient (Wildman–Crippen LogP) is 3.85. The SMILES string of the molecule is O=C(c1cc2cc(Cl)ccc2[nH]1)N1CCC(c2noc(C(F)(F)F)n2)C1. The highest BCUT2D eigenvalue weighted by molar-refractivity contribution is 6.31. The molecule has 6 nitrogen and oxygen atoms in total. The zero-order valence-corrected chi connectivity index (χ0v) is 13.9. The lowest BCUT2D eigenvalue weighted by Gasteiger charge is -2.14. The van der Waals surface area contributed by atoms with E-state index in [0.717, 1.165) is 10.9 Å². The van der Waals surface area contributed by atoms with Crippen molar-refractivity contribution in [1.29, 1.82) is 0 Å². The quantitative estimate of drug-likeness (QED) is 0.728. The highest BCUT2D eigenvalue weighted by atomic mass is 35.5. The van der Waals surface area contributed by atoms with Crippen molar-refractivity contribution in [1.82, 2.24) is 20.0 Å². The van der Waals surface area contributed by atoms with Gasteiger partial charge in [-0.1, -0.05) is 16.8 Å². The molecule has 1 fully saturated rings. The third-order valence-corrected chi connectivity index (χ3v) is 4.57. The lowest BCUT2D eigenvalue weighted by Crippen LogP contribution is -2.28. The van der Waals surface area contributed by atoms with Crippen LogP contribution in [0.4, 0.5) is 13.2 Å². The van der Waals surface area contributed by atoms with Gasteiger partial charge >= 0.3 is 12.1 Å². The molecule has 1 aliphatic rings. The lowest BCUT2D eigenvalue weighted by atomic mass is 10.1. The Bertz CT molecular complexity index is 981. The summed E-state index contributed by atoms with van der Waals surface area (Å²) in [5.74, 6) is -2.03. The summed E-state index contributed by atoms with van der Waals surface area (Å²) in [4.78, 5) is 20.7. The number of alkyl halides is 3. The van der Waals surface area contributed by atoms with Crippen molar-refractivity contribution < 1.29 is 22.5 Å². The number of hydrogen-bond donors (Lipinski definition) is 1. The van der Waals surface area contributed by atoms with Crippen LogP contribution in [0.2, 0.25) is 5.02 Å². The molecule has 1 saturated heterocycles. The minimum Gasteiger partial charge on any atom is -0.351 e. The van der Waals surface area contributed by atoms with E-state index in [2.05, 4.69) is 19.6 Å². The fourth-order valence-corrected chi connectivity index (χ4v) is 3.24. The number of nitrogens with one attached hydrogen (secondary N) is 1. The summed E-state index contributed by atoms with van der Waals surface area (Å²) in [7, 11) is 0. The first-order chi connectivity index (χ1) is 12.3. The Morgan fingerprint density at radius 1 is 1.35 bits per heavy atom. The first-order valence-electron chi connectivity index (χ1n) is 7.79. The molecular weight excluding hydrogens is 373 g/mol. The van der Waals surface area contributed by atoms with Crippen LogP contribution in [-0.2, 0) is 6.18 Å². The Hall–Kier alpha value is -2.55. The minimum atomic E-state index is -4.68. The highest BCUT2D eigenvalue weighted by Crippen LogP contribution is 2.31. The van der Waals surface area contributed by atoms with Crippen molar-refractivity contribution in [2.24, 2.45) is 0 Å². The summed E-state index contributed by atoms with van der Waals surface area (Å²) in [6, 6.07) is 6.94. The van der Waals surface area contributed by atoms with Gasteiger partial charge in [0.05, 0.1) is 0 Å². The summed E-state index contributed by atoms with van der Waals surface area (Å²) in [6.07, 6.45) is -4.21. The van der Waals surface area contributed by atoms with Gasteiger partial charge in [-0.3, -0.25) is 4.79 Å². The number of carbonyl (C=O) groups is 1. The zero-order chi connectivity index (χ0) is 18.5. The van der Waals surface area contributed by atoms with Crippen LogP contribution in [0.3, 0.4) is 0 Å². The molecule has 26 heavy (non-hydrogen) atoms. The third-order valence-electron chi connectivity index (χ3n) is 4.34. The van der Waals surface area contributed by atoms with Crippen molar-refractivity contribution in [3.63, 3.8) is 0 Å². The number of rotatable bonds is 2. The fraction of sp³-hybridized carbons (Fsp3) is 0.312. The molecule has 0 bridgehead atoms. The first kappa shape index (κ1) is 16.9. The Morgan fingerprint density at radius 2 is 2.15 bits per heavy atom. The molecule has 0 spiro atoms. The number of aromatic amines is 1. The van der Waals surface area contributed by atoms with Gasteiger partial charge in [0.25, 0.3) is 5.91 Å². The number of amides is 1. The molecule has 136 valence electrons. The maximum absolute atomic E-state index is 12.7. The van der Waals surface area contributed by atoms with Gasteiger partial charge in [-0.25, -0.2) is 0 Å². The minimum absolute atomic E-state index is 0.0314. The van der Waals surface area contributed by atoms with Crippen molar-refractivity contribution >= 4 is 28.4 Å². The number of halogens is 4. The molecule has 1 amide bonds. The van der Waals surface area contributed by atoms with E-state index in [0.29, 0.717) is 23.7 Å². The summed E-state index contributed by atoms with van der Waals surface area (Å²) in [5.41, 5.74) is 1.17. The maximum atomic E-state index is 12.7. The molecule has 3 aromatic rings. The van der Waals surface area contributed by atoms with Crippen molar-refractivity contribution in [2.45, 2.75) is 18.5 Å². The summed E-state index contributed by atoms with van der Waals surface area (Å²) in [5, 5.41) is 4.78. The predicted molar refractivity (Wildman–Crippen MR) is 85.9 cm³/mol. The standard InChI is InChI=1S/C16H12ClF3N4O2/c17-10-1-2-11-9(5-10)6-12(21-11)14(25)24-4-3-8(7-24)13-22-15(26-23-13)16(18,19)20/h1-2,5-6,8,21H,3-4,7H2. The molecule has 0 saturated carbocycles. The average Bonchev–Trinajstić information content (AvgIpc) is 3.30. The fourth-order valence-electron chi connectivity index (χ4n) is 3.06. The van der Waals surface area contributed by atoms with Crippen LogP contribution < -0.4 is 0 Å². The van der Waals surface area contributed by atoms with Gasteiger partial charge in [0, 0.05) is 34.9 Å². The lowest BCUT2D eigenvalue weighted by molar-refractivity contribution is -0.159. The molecule has 1 atom stereocenters. The number of aromatic nitrogens is 3. The third kappa shape index (κ3) is 3.03. The van der Waals surface area contributed by atoms with E-state index in [-0.39, 0.29) is 18.3 Å². The molecule has 10 heteroatoms. The Morgan fingerprint density at radius 3 is 2.88 bits per heavy atom. The molecule has 1 N–H and O–H groups in total. The van der Waals surface area contributed by atoms with Crippen LogP contribution in [-0.4, -0.2) is 39.0 Å². The second-order valence-corrected chi connectivity index (χ2v) is 6.54. The smallest absolute Gasteiger partial charge is 0.351 e. The van der Waals surface area contributed by atoms with Gasteiger partial charge in [0.2, 0.25) is 0 Å². The largest absolute Gasteiger partial charge is 0.471 e. The van der Waals surface area contributed by atoms with Gasteiger partial charge in [-0.05, 0) is 30.7 Å². The van der Waals surface area contributed by atoms with Crippen LogP contribution in [0.5, 0.6) is 0 Å². The Balaban J connectivity index is 1.50. The number of carbonyl (C=O) groups excluding carboxylic acids is 1. The molecule has 0 aliphatic carbocycles. The van der Waals surface area contributed by atoms with Crippen molar-refractivity contribution in [3.8, 4) is 0 Å². The number of likely N-dealkylation sites (tertiary alicyclic amines) is 1. The van der Waals surface area contributed by atoms with Gasteiger partial charge in [0.1, 0.15) is 5.69 Å². The molecule has 0 radical (unpaired) electrons. The molecule has 1 aliphatic heterocycles. The second kappa shape index (κ2) is 6.01. The molecule has 3 heterocycles. The molecule has 1 unspecified atom stereocenters. The molecular formula is C16H12ClF3N4O2. The van der Waals surface area contributed by atoms with Gasteiger partial charge in [-0.15, -0.1) is 0 Å². The molecule has 2 aromatic heterocycles. The van der Waals surface area contributed by atoms with E-state index in [4.69, 9.17) is 11.6 Å². The Kier molecular flexibility index (Phi) is 3.91. The maximum Gasteiger partial charge on any atom is 0.471 e.